The molecule has 3 aliphatic heterocycles. The third kappa shape index (κ3) is 3.72. The summed E-state index contributed by atoms with van der Waals surface area (Å²) < 4.78 is 19.0. The Bertz CT molecular complexity index is 1330. The number of rotatable bonds is 4. The van der Waals surface area contributed by atoms with Crippen LogP contribution in [0.5, 0.6) is 17.2 Å². The molecule has 0 bridgehead atoms. The molecule has 3 aromatic rings. The molecule has 8 nitrogen and oxygen atoms in total. The maximum Gasteiger partial charge on any atom is 0.339 e. The molecule has 2 saturated heterocycles. The quantitative estimate of drug-likeness (QED) is 0.470. The number of phenols is 2. The van der Waals surface area contributed by atoms with E-state index in [2.05, 4.69) is 18.7 Å². The van der Waals surface area contributed by atoms with Crippen molar-refractivity contribution in [3.63, 3.8) is 0 Å². The SMILES string of the molecule is CC1(C)Oc2c(O)cccc2[C@@H]2O[C@@H]3CCN(Cc4ccc(-c5ccc(C(=O)O)c(O)c5)o4)[C@@H]3C[C@H]21. The fourth-order valence-corrected chi connectivity index (χ4v) is 6.05. The third-order valence-electron chi connectivity index (χ3n) is 7.90. The van der Waals surface area contributed by atoms with Crippen LogP contribution < -0.4 is 4.74 Å². The van der Waals surface area contributed by atoms with Crippen molar-refractivity contribution >= 4 is 5.97 Å². The van der Waals surface area contributed by atoms with Gasteiger partial charge in [0.15, 0.2) is 11.5 Å². The molecular formula is C28H29NO7. The zero-order chi connectivity index (χ0) is 25.2. The molecule has 4 atom stereocenters. The lowest BCUT2D eigenvalue weighted by molar-refractivity contribution is -0.163. The molecule has 36 heavy (non-hydrogen) atoms. The van der Waals surface area contributed by atoms with E-state index in [1.807, 2.05) is 24.3 Å². The van der Waals surface area contributed by atoms with E-state index in [-0.39, 0.29) is 41.2 Å². The molecule has 188 valence electrons. The van der Waals surface area contributed by atoms with Gasteiger partial charge in [0.25, 0.3) is 0 Å². The van der Waals surface area contributed by atoms with Crippen LogP contribution in [-0.2, 0) is 11.3 Å². The van der Waals surface area contributed by atoms with Gasteiger partial charge in [0, 0.05) is 29.6 Å². The van der Waals surface area contributed by atoms with Crippen LogP contribution >= 0.6 is 0 Å². The molecule has 0 spiro atoms. The van der Waals surface area contributed by atoms with Gasteiger partial charge in [-0.2, -0.15) is 0 Å². The Balaban J connectivity index is 1.20. The van der Waals surface area contributed by atoms with Crippen LogP contribution in [0.15, 0.2) is 52.9 Å². The lowest BCUT2D eigenvalue weighted by Crippen LogP contribution is -2.53. The molecule has 0 amide bonds. The van der Waals surface area contributed by atoms with Crippen LogP contribution in [0.1, 0.15) is 54.5 Å². The number of phenolic OH excluding ortho intramolecular Hbond substituents is 1. The third-order valence-corrected chi connectivity index (χ3v) is 7.90. The zero-order valence-electron chi connectivity index (χ0n) is 20.2. The van der Waals surface area contributed by atoms with Crippen molar-refractivity contribution in [2.75, 3.05) is 6.54 Å². The minimum atomic E-state index is -1.17. The molecule has 1 aromatic heterocycles. The monoisotopic (exact) mass is 491 g/mol. The fraction of sp³-hybridized carbons (Fsp3) is 0.393. The average Bonchev–Trinajstić information content (AvgIpc) is 3.46. The number of hydrogen-bond donors (Lipinski definition) is 3. The Morgan fingerprint density at radius 1 is 1.11 bits per heavy atom. The lowest BCUT2D eigenvalue weighted by Gasteiger charge is -2.50. The van der Waals surface area contributed by atoms with E-state index in [1.165, 1.54) is 12.1 Å². The Morgan fingerprint density at radius 2 is 1.94 bits per heavy atom. The first kappa shape index (κ1) is 22.9. The van der Waals surface area contributed by atoms with Crippen molar-refractivity contribution in [2.45, 2.75) is 57.1 Å². The predicted molar refractivity (Wildman–Crippen MR) is 130 cm³/mol. The van der Waals surface area contributed by atoms with E-state index in [4.69, 9.17) is 19.0 Å². The van der Waals surface area contributed by atoms with Crippen molar-refractivity contribution in [1.29, 1.82) is 0 Å². The summed E-state index contributed by atoms with van der Waals surface area (Å²) in [6, 6.07) is 13.9. The van der Waals surface area contributed by atoms with E-state index in [0.717, 1.165) is 30.7 Å². The highest BCUT2D eigenvalue weighted by atomic mass is 16.5. The molecule has 3 N–H and O–H groups in total. The number of fused-ring (bicyclic) bond motifs is 4. The highest BCUT2D eigenvalue weighted by Gasteiger charge is 2.53. The van der Waals surface area contributed by atoms with Crippen molar-refractivity contribution in [3.05, 3.63) is 65.4 Å². The van der Waals surface area contributed by atoms with Gasteiger partial charge >= 0.3 is 5.97 Å². The summed E-state index contributed by atoms with van der Waals surface area (Å²) in [5, 5.41) is 29.5. The first-order valence-corrected chi connectivity index (χ1v) is 12.3. The van der Waals surface area contributed by atoms with Crippen molar-refractivity contribution < 1.29 is 34.0 Å². The van der Waals surface area contributed by atoms with E-state index >= 15 is 0 Å². The number of para-hydroxylation sites is 1. The zero-order valence-corrected chi connectivity index (χ0v) is 20.2. The summed E-state index contributed by atoms with van der Waals surface area (Å²) in [5.74, 6) is 0.722. The Labute approximate surface area is 208 Å². The molecule has 4 heterocycles. The topological polar surface area (TPSA) is 113 Å². The normalized spacial score (nSPS) is 26.5. The molecule has 2 fully saturated rings. The molecule has 0 unspecified atom stereocenters. The standard InChI is InChI=1S/C28H29NO7/c1-28(2)19-13-20-24(35-25(19)18-4-3-5-21(30)26(18)36-28)10-11-29(20)14-16-7-9-23(34-16)15-6-8-17(27(32)33)22(31)12-15/h3-9,12,19-20,24-25,30-31H,10-11,13-14H2,1-2H3,(H,32,33)/t19-,20-,24-,25+/m1/s1. The van der Waals surface area contributed by atoms with E-state index in [9.17, 15) is 15.0 Å². The van der Waals surface area contributed by atoms with Crippen molar-refractivity contribution in [3.8, 4) is 28.6 Å². The summed E-state index contributed by atoms with van der Waals surface area (Å²) in [6.45, 7) is 5.63. The van der Waals surface area contributed by atoms with Crippen LogP contribution in [0.3, 0.4) is 0 Å². The van der Waals surface area contributed by atoms with Gasteiger partial charge in [0.1, 0.15) is 28.4 Å². The second-order valence-electron chi connectivity index (χ2n) is 10.5. The number of ether oxygens (including phenoxy) is 2. The maximum atomic E-state index is 11.2. The van der Waals surface area contributed by atoms with Crippen LogP contribution in [0.4, 0.5) is 0 Å². The second kappa shape index (κ2) is 8.28. The minimum Gasteiger partial charge on any atom is -0.507 e. The van der Waals surface area contributed by atoms with Gasteiger partial charge in [-0.05, 0) is 57.0 Å². The van der Waals surface area contributed by atoms with Gasteiger partial charge in [-0.1, -0.05) is 18.2 Å². The molecule has 8 heteroatoms. The van der Waals surface area contributed by atoms with Crippen LogP contribution in [0, 0.1) is 5.92 Å². The van der Waals surface area contributed by atoms with Gasteiger partial charge in [-0.25, -0.2) is 4.79 Å². The van der Waals surface area contributed by atoms with E-state index in [1.54, 1.807) is 12.1 Å². The van der Waals surface area contributed by atoms with E-state index < -0.39 is 11.6 Å². The van der Waals surface area contributed by atoms with Crippen LogP contribution in [-0.4, -0.2) is 50.5 Å². The highest BCUT2D eigenvalue weighted by molar-refractivity contribution is 5.91. The van der Waals surface area contributed by atoms with Crippen LogP contribution in [0.2, 0.25) is 0 Å². The van der Waals surface area contributed by atoms with Gasteiger partial charge in [0.2, 0.25) is 0 Å². The minimum absolute atomic E-state index is 0.0882. The maximum absolute atomic E-state index is 11.2. The summed E-state index contributed by atoms with van der Waals surface area (Å²) in [4.78, 5) is 13.6. The van der Waals surface area contributed by atoms with Gasteiger partial charge < -0.3 is 29.2 Å². The molecule has 0 saturated carbocycles. The van der Waals surface area contributed by atoms with Crippen molar-refractivity contribution in [2.24, 2.45) is 5.92 Å². The van der Waals surface area contributed by atoms with Gasteiger partial charge in [-0.3, -0.25) is 4.90 Å². The number of carboxylic acids is 1. The Hall–Kier alpha value is -3.49. The number of furan rings is 1. The number of aromatic hydroxyl groups is 2. The number of likely N-dealkylation sites (tertiary alicyclic amines) is 1. The first-order valence-electron chi connectivity index (χ1n) is 12.3. The van der Waals surface area contributed by atoms with Crippen molar-refractivity contribution in [1.82, 2.24) is 4.90 Å². The number of aromatic carboxylic acids is 1. The Kier molecular flexibility index (Phi) is 5.28. The van der Waals surface area contributed by atoms with Crippen LogP contribution in [0.25, 0.3) is 11.3 Å². The molecule has 2 aromatic carbocycles. The summed E-state index contributed by atoms with van der Waals surface area (Å²) >= 11 is 0. The molecule has 0 aliphatic carbocycles. The molecule has 0 radical (unpaired) electrons. The lowest BCUT2D eigenvalue weighted by atomic mass is 9.74. The Morgan fingerprint density at radius 3 is 2.72 bits per heavy atom. The number of nitrogens with zero attached hydrogens (tertiary/aromatic N) is 1. The number of hydrogen-bond acceptors (Lipinski definition) is 7. The average molecular weight is 492 g/mol. The summed E-state index contributed by atoms with van der Waals surface area (Å²) in [6.07, 6.45) is 1.80. The van der Waals surface area contributed by atoms with Gasteiger partial charge in [-0.15, -0.1) is 0 Å². The largest absolute Gasteiger partial charge is 0.507 e. The summed E-state index contributed by atoms with van der Waals surface area (Å²) in [5.41, 5.74) is 0.910. The van der Waals surface area contributed by atoms with Gasteiger partial charge in [0.05, 0.1) is 18.8 Å². The smallest absolute Gasteiger partial charge is 0.339 e. The van der Waals surface area contributed by atoms with E-state index in [0.29, 0.717) is 23.6 Å². The summed E-state index contributed by atoms with van der Waals surface area (Å²) in [7, 11) is 0. The number of carbonyl (C=O) groups is 1. The number of carboxylic acid groups (broad SMARTS) is 1. The fourth-order valence-electron chi connectivity index (χ4n) is 6.05. The highest BCUT2D eigenvalue weighted by Crippen LogP contribution is 2.54. The molecule has 3 aliphatic rings. The molecular weight excluding hydrogens is 462 g/mol. The first-order chi connectivity index (χ1) is 17.2. The number of benzene rings is 2. The predicted octanol–water partition coefficient (Wildman–Crippen LogP) is 4.95. The second-order valence-corrected chi connectivity index (χ2v) is 10.5. The molecule has 6 rings (SSSR count).